The first-order valence-electron chi connectivity index (χ1n) is 5.75. The van der Waals surface area contributed by atoms with Gasteiger partial charge in [0.15, 0.2) is 5.58 Å². The number of aryl methyl sites for hydroxylation is 2. The first-order chi connectivity index (χ1) is 8.65. The van der Waals surface area contributed by atoms with Crippen molar-refractivity contribution in [3.63, 3.8) is 0 Å². The highest BCUT2D eigenvalue weighted by Gasteiger charge is 2.17. The second-order valence-electron chi connectivity index (χ2n) is 4.40. The van der Waals surface area contributed by atoms with Crippen LogP contribution < -0.4 is 5.73 Å². The summed E-state index contributed by atoms with van der Waals surface area (Å²) in [6, 6.07) is 5.46. The highest BCUT2D eigenvalue weighted by molar-refractivity contribution is 5.76. The van der Waals surface area contributed by atoms with Crippen LogP contribution in [0.4, 0.5) is 0 Å². The molecule has 92 valence electrons. The molecule has 3 aromatic rings. The molecular weight excluding hydrogens is 228 g/mol. The van der Waals surface area contributed by atoms with E-state index in [4.69, 9.17) is 10.2 Å². The molecule has 1 aromatic carbocycles. The molecule has 3 rings (SSSR count). The third kappa shape index (κ3) is 1.69. The molecule has 18 heavy (non-hydrogen) atoms. The second kappa shape index (κ2) is 3.96. The lowest BCUT2D eigenvalue weighted by Gasteiger charge is -2.02. The fourth-order valence-corrected chi connectivity index (χ4v) is 1.98. The predicted octanol–water partition coefficient (Wildman–Crippen LogP) is 1.92. The Bertz CT molecular complexity index is 698. The van der Waals surface area contributed by atoms with Crippen molar-refractivity contribution in [1.29, 1.82) is 0 Å². The van der Waals surface area contributed by atoms with Gasteiger partial charge in [-0.3, -0.25) is 4.68 Å². The standard InChI is InChI=1S/C13H14N4O/c1-8-4-3-5-10-12(8)16-13(18-10)11(14)9-6-15-17(2)7-9/h3-7,11H,14H2,1-2H3. The van der Waals surface area contributed by atoms with E-state index in [1.807, 2.05) is 38.4 Å². The maximum Gasteiger partial charge on any atom is 0.217 e. The number of fused-ring (bicyclic) bond motifs is 1. The molecule has 0 radical (unpaired) electrons. The number of hydrogen-bond donors (Lipinski definition) is 1. The van der Waals surface area contributed by atoms with Crippen molar-refractivity contribution in [3.05, 3.63) is 47.6 Å². The molecule has 5 nitrogen and oxygen atoms in total. The van der Waals surface area contributed by atoms with Gasteiger partial charge in [0.25, 0.3) is 0 Å². The lowest BCUT2D eigenvalue weighted by Crippen LogP contribution is -2.11. The molecule has 0 fully saturated rings. The van der Waals surface area contributed by atoms with E-state index in [1.54, 1.807) is 10.9 Å². The quantitative estimate of drug-likeness (QED) is 0.745. The zero-order chi connectivity index (χ0) is 12.7. The Morgan fingerprint density at radius 3 is 2.89 bits per heavy atom. The molecule has 2 heterocycles. The van der Waals surface area contributed by atoms with Crippen LogP contribution in [0.3, 0.4) is 0 Å². The van der Waals surface area contributed by atoms with E-state index in [1.165, 1.54) is 0 Å². The summed E-state index contributed by atoms with van der Waals surface area (Å²) in [5.74, 6) is 0.521. The van der Waals surface area contributed by atoms with Crippen LogP contribution in [0.2, 0.25) is 0 Å². The predicted molar refractivity (Wildman–Crippen MR) is 68.0 cm³/mol. The lowest BCUT2D eigenvalue weighted by molar-refractivity contribution is 0.505. The van der Waals surface area contributed by atoms with E-state index in [-0.39, 0.29) is 6.04 Å². The summed E-state index contributed by atoms with van der Waals surface area (Å²) in [6.45, 7) is 2.00. The second-order valence-corrected chi connectivity index (χ2v) is 4.40. The highest BCUT2D eigenvalue weighted by atomic mass is 16.3. The Kier molecular flexibility index (Phi) is 2.41. The van der Waals surface area contributed by atoms with Crippen molar-refractivity contribution in [1.82, 2.24) is 14.8 Å². The molecule has 0 bridgehead atoms. The summed E-state index contributed by atoms with van der Waals surface area (Å²) in [5.41, 5.74) is 9.74. The molecule has 1 unspecified atom stereocenters. The number of nitrogens with two attached hydrogens (primary N) is 1. The normalized spacial score (nSPS) is 13.1. The Balaban J connectivity index is 2.06. The van der Waals surface area contributed by atoms with Gasteiger partial charge < -0.3 is 10.2 Å². The van der Waals surface area contributed by atoms with Crippen LogP contribution in [-0.4, -0.2) is 14.8 Å². The van der Waals surface area contributed by atoms with Crippen LogP contribution in [-0.2, 0) is 7.05 Å². The highest BCUT2D eigenvalue weighted by Crippen LogP contribution is 2.24. The number of benzene rings is 1. The molecule has 0 amide bonds. The SMILES string of the molecule is Cc1cccc2oc(C(N)c3cnn(C)c3)nc12. The minimum Gasteiger partial charge on any atom is -0.439 e. The Labute approximate surface area is 104 Å². The van der Waals surface area contributed by atoms with Crippen LogP contribution in [0.25, 0.3) is 11.1 Å². The van der Waals surface area contributed by atoms with Crippen LogP contribution in [0.15, 0.2) is 35.0 Å². The monoisotopic (exact) mass is 242 g/mol. The van der Waals surface area contributed by atoms with Crippen molar-refractivity contribution < 1.29 is 4.42 Å². The topological polar surface area (TPSA) is 69.9 Å². The first kappa shape index (κ1) is 11.0. The molecule has 0 aliphatic heterocycles. The maximum absolute atomic E-state index is 6.13. The summed E-state index contributed by atoms with van der Waals surface area (Å²) in [4.78, 5) is 4.47. The first-order valence-corrected chi connectivity index (χ1v) is 5.75. The Morgan fingerprint density at radius 1 is 1.39 bits per heavy atom. The van der Waals surface area contributed by atoms with Gasteiger partial charge in [0.2, 0.25) is 5.89 Å². The fraction of sp³-hybridized carbons (Fsp3) is 0.231. The lowest BCUT2D eigenvalue weighted by atomic mass is 10.2. The van der Waals surface area contributed by atoms with Crippen LogP contribution in [0.1, 0.15) is 23.1 Å². The molecule has 0 saturated heterocycles. The molecule has 0 aliphatic rings. The van der Waals surface area contributed by atoms with Gasteiger partial charge in [-0.2, -0.15) is 5.10 Å². The van der Waals surface area contributed by atoms with Crippen molar-refractivity contribution in [2.75, 3.05) is 0 Å². The fourth-order valence-electron chi connectivity index (χ4n) is 1.98. The van der Waals surface area contributed by atoms with Gasteiger partial charge in [0, 0.05) is 18.8 Å². The van der Waals surface area contributed by atoms with Gasteiger partial charge in [0.05, 0.1) is 6.20 Å². The molecule has 2 aromatic heterocycles. The third-order valence-corrected chi connectivity index (χ3v) is 2.99. The Hall–Kier alpha value is -2.14. The maximum atomic E-state index is 6.13. The van der Waals surface area contributed by atoms with Gasteiger partial charge in [-0.25, -0.2) is 4.98 Å². The minimum atomic E-state index is -0.384. The average Bonchev–Trinajstić information content (AvgIpc) is 2.95. The number of oxazole rings is 1. The average molecular weight is 242 g/mol. The molecule has 5 heteroatoms. The zero-order valence-electron chi connectivity index (χ0n) is 10.3. The van der Waals surface area contributed by atoms with Gasteiger partial charge in [-0.15, -0.1) is 0 Å². The number of rotatable bonds is 2. The van der Waals surface area contributed by atoms with Crippen molar-refractivity contribution in [3.8, 4) is 0 Å². The van der Waals surface area contributed by atoms with Gasteiger partial charge in [0.1, 0.15) is 11.6 Å². The minimum absolute atomic E-state index is 0.384. The van der Waals surface area contributed by atoms with Crippen LogP contribution in [0, 0.1) is 6.92 Å². The van der Waals surface area contributed by atoms with E-state index >= 15 is 0 Å². The summed E-state index contributed by atoms with van der Waals surface area (Å²) in [6.07, 6.45) is 3.60. The molecular formula is C13H14N4O. The molecule has 1 atom stereocenters. The van der Waals surface area contributed by atoms with Gasteiger partial charge in [-0.05, 0) is 18.6 Å². The van der Waals surface area contributed by atoms with Crippen molar-refractivity contribution in [2.24, 2.45) is 12.8 Å². The summed E-state index contributed by atoms with van der Waals surface area (Å²) in [7, 11) is 1.85. The third-order valence-electron chi connectivity index (χ3n) is 2.99. The molecule has 0 aliphatic carbocycles. The molecule has 2 N–H and O–H groups in total. The zero-order valence-corrected chi connectivity index (χ0v) is 10.3. The van der Waals surface area contributed by atoms with E-state index in [9.17, 15) is 0 Å². The van der Waals surface area contributed by atoms with E-state index in [2.05, 4.69) is 10.1 Å². The number of nitrogens with zero attached hydrogens (tertiary/aromatic N) is 3. The number of aromatic nitrogens is 3. The van der Waals surface area contributed by atoms with Gasteiger partial charge >= 0.3 is 0 Å². The van der Waals surface area contributed by atoms with E-state index in [0.717, 1.165) is 22.2 Å². The van der Waals surface area contributed by atoms with Crippen LogP contribution >= 0.6 is 0 Å². The van der Waals surface area contributed by atoms with Crippen LogP contribution in [0.5, 0.6) is 0 Å². The van der Waals surface area contributed by atoms with Crippen molar-refractivity contribution in [2.45, 2.75) is 13.0 Å². The number of hydrogen-bond acceptors (Lipinski definition) is 4. The van der Waals surface area contributed by atoms with E-state index in [0.29, 0.717) is 5.89 Å². The van der Waals surface area contributed by atoms with Gasteiger partial charge in [-0.1, -0.05) is 12.1 Å². The summed E-state index contributed by atoms with van der Waals surface area (Å²) < 4.78 is 7.41. The summed E-state index contributed by atoms with van der Waals surface area (Å²) >= 11 is 0. The smallest absolute Gasteiger partial charge is 0.217 e. The molecule has 0 saturated carbocycles. The van der Waals surface area contributed by atoms with Crippen molar-refractivity contribution >= 4 is 11.1 Å². The number of para-hydroxylation sites is 1. The molecule has 0 spiro atoms. The van der Waals surface area contributed by atoms with E-state index < -0.39 is 0 Å². The summed E-state index contributed by atoms with van der Waals surface area (Å²) in [5, 5.41) is 4.10. The largest absolute Gasteiger partial charge is 0.439 e. The Morgan fingerprint density at radius 2 is 2.22 bits per heavy atom.